The Morgan fingerprint density at radius 1 is 1.19 bits per heavy atom. The molecule has 0 aromatic heterocycles. The van der Waals surface area contributed by atoms with Gasteiger partial charge < -0.3 is 25.8 Å². The van der Waals surface area contributed by atoms with Crippen molar-refractivity contribution in [1.29, 1.82) is 5.26 Å². The molecule has 0 saturated carbocycles. The number of amides is 2. The van der Waals surface area contributed by atoms with E-state index in [1.165, 1.54) is 0 Å². The maximum atomic E-state index is 11.7. The average Bonchev–Trinajstić information content (AvgIpc) is 2.68. The minimum atomic E-state index is -0.736. The average molecular weight is 389 g/mol. The SMILES string of the molecule is N#Cc1ccccc1OCC(O)CNCCNC(=O)Nc1ccc(Cl)cc1. The van der Waals surface area contributed by atoms with Crippen LogP contribution >= 0.6 is 11.6 Å². The van der Waals surface area contributed by atoms with Crippen LogP contribution in [0.5, 0.6) is 5.75 Å². The van der Waals surface area contributed by atoms with Crippen molar-refractivity contribution in [2.24, 2.45) is 0 Å². The third kappa shape index (κ3) is 7.54. The molecule has 27 heavy (non-hydrogen) atoms. The molecule has 7 nitrogen and oxygen atoms in total. The zero-order valence-electron chi connectivity index (χ0n) is 14.6. The van der Waals surface area contributed by atoms with Crippen molar-refractivity contribution in [2.75, 3.05) is 31.6 Å². The summed E-state index contributed by atoms with van der Waals surface area (Å²) in [6.45, 7) is 1.25. The van der Waals surface area contributed by atoms with Crippen molar-refractivity contribution in [3.8, 4) is 11.8 Å². The van der Waals surface area contributed by atoms with E-state index in [-0.39, 0.29) is 12.6 Å². The topological polar surface area (TPSA) is 106 Å². The standard InChI is InChI=1S/C19H21ClN4O3/c20-15-5-7-16(8-6-15)24-19(26)23-10-9-22-12-17(25)13-27-18-4-2-1-3-14(18)11-21/h1-8,17,22,25H,9-10,12-13H2,(H2,23,24,26). The molecule has 0 aliphatic carbocycles. The molecule has 142 valence electrons. The van der Waals surface area contributed by atoms with Crippen LogP contribution in [0.2, 0.25) is 5.02 Å². The quantitative estimate of drug-likeness (QED) is 0.493. The van der Waals surface area contributed by atoms with Gasteiger partial charge in [-0.3, -0.25) is 0 Å². The maximum Gasteiger partial charge on any atom is 0.319 e. The third-order valence-corrected chi connectivity index (χ3v) is 3.76. The van der Waals surface area contributed by atoms with Crippen molar-refractivity contribution in [3.63, 3.8) is 0 Å². The van der Waals surface area contributed by atoms with Gasteiger partial charge in [-0.15, -0.1) is 0 Å². The number of nitrogens with zero attached hydrogens (tertiary/aromatic N) is 1. The second-order valence-corrected chi connectivity index (χ2v) is 6.10. The Labute approximate surface area is 162 Å². The predicted molar refractivity (Wildman–Crippen MR) is 104 cm³/mol. The number of aliphatic hydroxyl groups is 1. The second kappa shape index (κ2) is 11.0. The minimum absolute atomic E-state index is 0.0656. The molecule has 2 aromatic rings. The summed E-state index contributed by atoms with van der Waals surface area (Å²) < 4.78 is 5.46. The van der Waals surface area contributed by atoms with E-state index in [0.717, 1.165) is 0 Å². The number of para-hydroxylation sites is 1. The molecule has 1 atom stereocenters. The molecule has 1 unspecified atom stereocenters. The zero-order chi connectivity index (χ0) is 19.5. The Hall–Kier alpha value is -2.79. The largest absolute Gasteiger partial charge is 0.489 e. The lowest BCUT2D eigenvalue weighted by atomic mass is 10.2. The number of aliphatic hydroxyl groups excluding tert-OH is 1. The van der Waals surface area contributed by atoms with Gasteiger partial charge in [0.15, 0.2) is 0 Å². The number of hydrogen-bond acceptors (Lipinski definition) is 5. The van der Waals surface area contributed by atoms with Gasteiger partial charge in [-0.1, -0.05) is 23.7 Å². The lowest BCUT2D eigenvalue weighted by Crippen LogP contribution is -2.38. The van der Waals surface area contributed by atoms with Crippen LogP contribution in [0, 0.1) is 11.3 Å². The fraction of sp³-hybridized carbons (Fsp3) is 0.263. The molecular formula is C19H21ClN4O3. The number of urea groups is 1. The normalized spacial score (nSPS) is 11.3. The number of nitrogens with one attached hydrogen (secondary N) is 3. The summed E-state index contributed by atoms with van der Waals surface area (Å²) in [5, 5.41) is 27.9. The maximum absolute atomic E-state index is 11.7. The van der Waals surface area contributed by atoms with Crippen molar-refractivity contribution in [2.45, 2.75) is 6.10 Å². The van der Waals surface area contributed by atoms with Gasteiger partial charge in [0.05, 0.1) is 5.56 Å². The lowest BCUT2D eigenvalue weighted by molar-refractivity contribution is 0.106. The Kier molecular flexibility index (Phi) is 8.39. The highest BCUT2D eigenvalue weighted by atomic mass is 35.5. The number of ether oxygens (including phenoxy) is 1. The first-order valence-electron chi connectivity index (χ1n) is 8.39. The van der Waals surface area contributed by atoms with Crippen LogP contribution in [0.1, 0.15) is 5.56 Å². The molecule has 0 aliphatic heterocycles. The number of halogens is 1. The van der Waals surface area contributed by atoms with Gasteiger partial charge in [0.2, 0.25) is 0 Å². The first-order chi connectivity index (χ1) is 13.1. The number of nitriles is 1. The van der Waals surface area contributed by atoms with Crippen LogP contribution in [-0.4, -0.2) is 43.5 Å². The molecule has 4 N–H and O–H groups in total. The first kappa shape index (κ1) is 20.5. The van der Waals surface area contributed by atoms with Crippen LogP contribution in [0.3, 0.4) is 0 Å². The number of rotatable bonds is 9. The summed E-state index contributed by atoms with van der Waals surface area (Å²) in [5.41, 5.74) is 1.07. The van der Waals surface area contributed by atoms with E-state index in [1.54, 1.807) is 48.5 Å². The Bertz CT molecular complexity index is 777. The summed E-state index contributed by atoms with van der Waals surface area (Å²) in [4.78, 5) is 11.7. The second-order valence-electron chi connectivity index (χ2n) is 5.66. The van der Waals surface area contributed by atoms with Gasteiger partial charge >= 0.3 is 6.03 Å². The predicted octanol–water partition coefficient (Wildman–Crippen LogP) is 2.36. The van der Waals surface area contributed by atoms with Crippen molar-refractivity contribution in [3.05, 3.63) is 59.1 Å². The summed E-state index contributed by atoms with van der Waals surface area (Å²) in [7, 11) is 0. The summed E-state index contributed by atoms with van der Waals surface area (Å²) in [6.07, 6.45) is -0.736. The van der Waals surface area contributed by atoms with Gasteiger partial charge in [-0.25, -0.2) is 4.79 Å². The summed E-state index contributed by atoms with van der Waals surface area (Å²) in [6, 6.07) is 15.4. The van der Waals surface area contributed by atoms with E-state index in [9.17, 15) is 9.90 Å². The van der Waals surface area contributed by atoms with Gasteiger partial charge in [0.1, 0.15) is 24.5 Å². The Morgan fingerprint density at radius 3 is 2.67 bits per heavy atom. The molecule has 8 heteroatoms. The Balaban J connectivity index is 1.57. The molecule has 0 aliphatic rings. The molecule has 0 radical (unpaired) electrons. The van der Waals surface area contributed by atoms with E-state index in [1.807, 2.05) is 6.07 Å². The van der Waals surface area contributed by atoms with E-state index < -0.39 is 6.10 Å². The molecule has 0 saturated heterocycles. The van der Waals surface area contributed by atoms with Gasteiger partial charge in [0, 0.05) is 30.3 Å². The third-order valence-electron chi connectivity index (χ3n) is 3.51. The highest BCUT2D eigenvalue weighted by Crippen LogP contribution is 2.16. The van der Waals surface area contributed by atoms with Crippen molar-refractivity contribution in [1.82, 2.24) is 10.6 Å². The number of anilines is 1. The number of carbonyl (C=O) groups is 1. The highest BCUT2D eigenvalue weighted by molar-refractivity contribution is 6.30. The fourth-order valence-electron chi connectivity index (χ4n) is 2.17. The van der Waals surface area contributed by atoms with E-state index >= 15 is 0 Å². The number of carbonyl (C=O) groups excluding carboxylic acids is 1. The van der Waals surface area contributed by atoms with Gasteiger partial charge in [-0.05, 0) is 36.4 Å². The lowest BCUT2D eigenvalue weighted by Gasteiger charge is -2.14. The summed E-state index contributed by atoms with van der Waals surface area (Å²) >= 11 is 5.78. The van der Waals surface area contributed by atoms with Crippen molar-refractivity contribution < 1.29 is 14.6 Å². The number of hydrogen-bond donors (Lipinski definition) is 4. The van der Waals surface area contributed by atoms with Crippen LogP contribution in [0.4, 0.5) is 10.5 Å². The molecule has 0 spiro atoms. The van der Waals surface area contributed by atoms with E-state index in [0.29, 0.717) is 41.7 Å². The minimum Gasteiger partial charge on any atom is -0.489 e. The van der Waals surface area contributed by atoms with Crippen LogP contribution in [0.15, 0.2) is 48.5 Å². The molecule has 0 heterocycles. The molecule has 0 bridgehead atoms. The fourth-order valence-corrected chi connectivity index (χ4v) is 2.30. The molecule has 0 fully saturated rings. The van der Waals surface area contributed by atoms with Crippen molar-refractivity contribution >= 4 is 23.3 Å². The zero-order valence-corrected chi connectivity index (χ0v) is 15.4. The van der Waals surface area contributed by atoms with Crippen LogP contribution in [-0.2, 0) is 0 Å². The van der Waals surface area contributed by atoms with Crippen LogP contribution in [0.25, 0.3) is 0 Å². The van der Waals surface area contributed by atoms with Gasteiger partial charge in [0.25, 0.3) is 0 Å². The van der Waals surface area contributed by atoms with E-state index in [2.05, 4.69) is 16.0 Å². The van der Waals surface area contributed by atoms with E-state index in [4.69, 9.17) is 21.6 Å². The molecule has 2 amide bonds. The van der Waals surface area contributed by atoms with Crippen LogP contribution < -0.4 is 20.7 Å². The number of benzene rings is 2. The first-order valence-corrected chi connectivity index (χ1v) is 8.77. The highest BCUT2D eigenvalue weighted by Gasteiger charge is 2.07. The Morgan fingerprint density at radius 2 is 1.93 bits per heavy atom. The smallest absolute Gasteiger partial charge is 0.319 e. The molecular weight excluding hydrogens is 368 g/mol. The summed E-state index contributed by atoms with van der Waals surface area (Å²) in [5.74, 6) is 0.444. The monoisotopic (exact) mass is 388 g/mol. The molecule has 2 rings (SSSR count). The van der Waals surface area contributed by atoms with Gasteiger partial charge in [-0.2, -0.15) is 5.26 Å². The molecule has 2 aromatic carbocycles.